The summed E-state index contributed by atoms with van der Waals surface area (Å²) >= 11 is 6.18. The van der Waals surface area contributed by atoms with Crippen LogP contribution in [0.1, 0.15) is 0 Å². The third kappa shape index (κ3) is 2.54. The molecular weight excluding hydrogens is 266 g/mol. The molecule has 0 aliphatic carbocycles. The smallest absolute Gasteiger partial charge is 0.182 e. The van der Waals surface area contributed by atoms with Crippen molar-refractivity contribution in [1.82, 2.24) is 19.7 Å². The first-order valence-corrected chi connectivity index (χ1v) is 6.46. The van der Waals surface area contributed by atoms with Crippen LogP contribution in [-0.2, 0) is 11.8 Å². The fourth-order valence-electron chi connectivity index (χ4n) is 2.07. The van der Waals surface area contributed by atoms with Crippen molar-refractivity contribution in [3.8, 4) is 11.5 Å². The molecule has 1 fully saturated rings. The zero-order valence-electron chi connectivity index (χ0n) is 10.6. The summed E-state index contributed by atoms with van der Waals surface area (Å²) in [7, 11) is 1.88. The van der Waals surface area contributed by atoms with Gasteiger partial charge in [-0.2, -0.15) is 0 Å². The lowest BCUT2D eigenvalue weighted by Gasteiger charge is -2.28. The van der Waals surface area contributed by atoms with Crippen LogP contribution < -0.4 is 4.90 Å². The molecule has 2 aromatic rings. The fraction of sp³-hybridized carbons (Fsp3) is 0.417. The molecule has 0 unspecified atom stereocenters. The van der Waals surface area contributed by atoms with Gasteiger partial charge in [0.2, 0.25) is 0 Å². The molecule has 1 aliphatic heterocycles. The molecule has 0 N–H and O–H groups in total. The predicted octanol–water partition coefficient (Wildman–Crippen LogP) is 1.37. The summed E-state index contributed by atoms with van der Waals surface area (Å²) in [6.07, 6.45) is 1.65. The number of hydrogen-bond donors (Lipinski definition) is 0. The van der Waals surface area contributed by atoms with E-state index in [1.54, 1.807) is 12.4 Å². The highest BCUT2D eigenvalue weighted by molar-refractivity contribution is 6.31. The van der Waals surface area contributed by atoms with Gasteiger partial charge in [-0.05, 0) is 12.1 Å². The lowest BCUT2D eigenvalue weighted by Crippen LogP contribution is -2.36. The summed E-state index contributed by atoms with van der Waals surface area (Å²) in [6, 6.07) is 3.67. The normalized spacial score (nSPS) is 15.8. The summed E-state index contributed by atoms with van der Waals surface area (Å²) in [5, 5.41) is 8.58. The molecule has 2 aromatic heterocycles. The second-order valence-corrected chi connectivity index (χ2v) is 4.83. The molecule has 0 atom stereocenters. The summed E-state index contributed by atoms with van der Waals surface area (Å²) in [4.78, 5) is 6.79. The standard InChI is InChI=1S/C12H14ClN5O/c1-17-8-14-16-12(17)10-6-9(13)7-11(15-10)18-2-4-19-5-3-18/h6-8H,2-5H2,1H3. The van der Waals surface area contributed by atoms with Gasteiger partial charge in [0.15, 0.2) is 5.82 Å². The van der Waals surface area contributed by atoms with Crippen molar-refractivity contribution in [3.05, 3.63) is 23.5 Å². The zero-order chi connectivity index (χ0) is 13.2. The van der Waals surface area contributed by atoms with E-state index >= 15 is 0 Å². The van der Waals surface area contributed by atoms with Gasteiger partial charge in [-0.25, -0.2) is 4.98 Å². The van der Waals surface area contributed by atoms with Crippen molar-refractivity contribution in [2.24, 2.45) is 7.05 Å². The number of anilines is 1. The molecule has 19 heavy (non-hydrogen) atoms. The molecule has 1 saturated heterocycles. The number of aryl methyl sites for hydroxylation is 1. The lowest BCUT2D eigenvalue weighted by molar-refractivity contribution is 0.122. The van der Waals surface area contributed by atoms with Crippen LogP contribution in [0.25, 0.3) is 11.5 Å². The van der Waals surface area contributed by atoms with Crippen LogP contribution in [-0.4, -0.2) is 46.1 Å². The van der Waals surface area contributed by atoms with Crippen molar-refractivity contribution in [1.29, 1.82) is 0 Å². The minimum Gasteiger partial charge on any atom is -0.378 e. The van der Waals surface area contributed by atoms with E-state index < -0.39 is 0 Å². The van der Waals surface area contributed by atoms with Gasteiger partial charge in [-0.3, -0.25) is 0 Å². The second-order valence-electron chi connectivity index (χ2n) is 4.39. The molecule has 0 radical (unpaired) electrons. The van der Waals surface area contributed by atoms with Gasteiger partial charge in [-0.15, -0.1) is 10.2 Å². The molecule has 3 heterocycles. The van der Waals surface area contributed by atoms with Gasteiger partial charge in [-0.1, -0.05) is 11.6 Å². The van der Waals surface area contributed by atoms with Gasteiger partial charge < -0.3 is 14.2 Å². The first-order chi connectivity index (χ1) is 9.24. The van der Waals surface area contributed by atoms with Gasteiger partial charge >= 0.3 is 0 Å². The third-order valence-corrected chi connectivity index (χ3v) is 3.27. The van der Waals surface area contributed by atoms with Gasteiger partial charge in [0, 0.05) is 25.2 Å². The average molecular weight is 280 g/mol. The number of rotatable bonds is 2. The van der Waals surface area contributed by atoms with Gasteiger partial charge in [0.05, 0.1) is 13.2 Å². The van der Waals surface area contributed by atoms with Crippen molar-refractivity contribution in [3.63, 3.8) is 0 Å². The number of pyridine rings is 1. The summed E-state index contributed by atoms with van der Waals surface area (Å²) < 4.78 is 7.17. The minimum absolute atomic E-state index is 0.648. The van der Waals surface area contributed by atoms with E-state index in [4.69, 9.17) is 16.3 Å². The number of aromatic nitrogens is 4. The largest absolute Gasteiger partial charge is 0.378 e. The number of morpholine rings is 1. The molecular formula is C12H14ClN5O. The third-order valence-electron chi connectivity index (χ3n) is 3.05. The van der Waals surface area contributed by atoms with Crippen LogP contribution in [0.5, 0.6) is 0 Å². The summed E-state index contributed by atoms with van der Waals surface area (Å²) in [5.41, 5.74) is 0.731. The Morgan fingerprint density at radius 1 is 1.26 bits per heavy atom. The van der Waals surface area contributed by atoms with Crippen molar-refractivity contribution in [2.45, 2.75) is 0 Å². The van der Waals surface area contributed by atoms with Crippen LogP contribution in [0.4, 0.5) is 5.82 Å². The zero-order valence-corrected chi connectivity index (χ0v) is 11.3. The first-order valence-electron chi connectivity index (χ1n) is 6.09. The molecule has 0 aromatic carbocycles. The van der Waals surface area contributed by atoms with Gasteiger partial charge in [0.25, 0.3) is 0 Å². The Labute approximate surface area is 116 Å². The molecule has 1 aliphatic rings. The predicted molar refractivity (Wildman–Crippen MR) is 72.3 cm³/mol. The van der Waals surface area contributed by atoms with E-state index in [0.29, 0.717) is 24.1 Å². The molecule has 100 valence electrons. The van der Waals surface area contributed by atoms with Crippen LogP contribution in [0.15, 0.2) is 18.5 Å². The Hall–Kier alpha value is -1.66. The first kappa shape index (κ1) is 12.4. The highest BCUT2D eigenvalue weighted by Gasteiger charge is 2.15. The maximum Gasteiger partial charge on any atom is 0.182 e. The number of nitrogens with zero attached hydrogens (tertiary/aromatic N) is 5. The maximum atomic E-state index is 6.18. The fourth-order valence-corrected chi connectivity index (χ4v) is 2.27. The molecule has 0 bridgehead atoms. The van der Waals surface area contributed by atoms with Crippen molar-refractivity contribution < 1.29 is 4.74 Å². The number of halogens is 1. The Kier molecular flexibility index (Phi) is 3.35. The summed E-state index contributed by atoms with van der Waals surface area (Å²) in [5.74, 6) is 1.56. The Bertz CT molecular complexity index is 579. The Morgan fingerprint density at radius 2 is 2.05 bits per heavy atom. The van der Waals surface area contributed by atoms with E-state index in [2.05, 4.69) is 20.1 Å². The molecule has 6 nitrogen and oxygen atoms in total. The van der Waals surface area contributed by atoms with E-state index in [0.717, 1.165) is 24.6 Å². The molecule has 0 spiro atoms. The monoisotopic (exact) mass is 279 g/mol. The molecule has 0 saturated carbocycles. The number of ether oxygens (including phenoxy) is 1. The Morgan fingerprint density at radius 3 is 2.74 bits per heavy atom. The topological polar surface area (TPSA) is 56.1 Å². The van der Waals surface area contributed by atoms with Crippen molar-refractivity contribution in [2.75, 3.05) is 31.2 Å². The molecule has 0 amide bonds. The average Bonchev–Trinajstić information content (AvgIpc) is 2.85. The Balaban J connectivity index is 1.98. The molecule has 3 rings (SSSR count). The maximum absolute atomic E-state index is 6.18. The summed E-state index contributed by atoms with van der Waals surface area (Å²) in [6.45, 7) is 3.08. The van der Waals surface area contributed by atoms with Crippen LogP contribution >= 0.6 is 11.6 Å². The quantitative estimate of drug-likeness (QED) is 0.831. The highest BCUT2D eigenvalue weighted by atomic mass is 35.5. The van der Waals surface area contributed by atoms with Crippen LogP contribution in [0.2, 0.25) is 5.02 Å². The lowest BCUT2D eigenvalue weighted by atomic mass is 10.3. The van der Waals surface area contributed by atoms with Gasteiger partial charge in [0.1, 0.15) is 17.8 Å². The van der Waals surface area contributed by atoms with Crippen molar-refractivity contribution >= 4 is 17.4 Å². The number of hydrogen-bond acceptors (Lipinski definition) is 5. The van der Waals surface area contributed by atoms with Crippen LogP contribution in [0, 0.1) is 0 Å². The van der Waals surface area contributed by atoms with Crippen LogP contribution in [0.3, 0.4) is 0 Å². The highest BCUT2D eigenvalue weighted by Crippen LogP contribution is 2.24. The van der Waals surface area contributed by atoms with E-state index in [1.165, 1.54) is 0 Å². The van der Waals surface area contributed by atoms with E-state index in [1.807, 2.05) is 17.7 Å². The minimum atomic E-state index is 0.648. The van der Waals surface area contributed by atoms with E-state index in [9.17, 15) is 0 Å². The molecule has 7 heteroatoms. The second kappa shape index (κ2) is 5.14. The SMILES string of the molecule is Cn1cnnc1-c1cc(Cl)cc(N2CCOCC2)n1. The van der Waals surface area contributed by atoms with E-state index in [-0.39, 0.29) is 0 Å².